The van der Waals surface area contributed by atoms with Gasteiger partial charge < -0.3 is 0 Å². The number of halogens is 1. The molecule has 0 aliphatic carbocycles. The van der Waals surface area contributed by atoms with Crippen molar-refractivity contribution in [2.75, 3.05) is 0 Å². The first-order valence-electron chi connectivity index (χ1n) is 5.09. The Kier molecular flexibility index (Phi) is 5.06. The van der Waals surface area contributed by atoms with Crippen LogP contribution in [-0.4, -0.2) is 5.24 Å². The van der Waals surface area contributed by atoms with Crippen LogP contribution in [0.3, 0.4) is 0 Å². The van der Waals surface area contributed by atoms with Crippen LogP contribution in [-0.2, 0) is 0 Å². The van der Waals surface area contributed by atoms with Gasteiger partial charge in [0.2, 0.25) is 0 Å². The number of thiol groups is 1. The highest BCUT2D eigenvalue weighted by molar-refractivity contribution is 8.68. The molecule has 0 saturated heterocycles. The molecule has 0 aliphatic heterocycles. The van der Waals surface area contributed by atoms with Crippen LogP contribution in [0.15, 0.2) is 63.2 Å². The Balaban J connectivity index is 2.35. The molecule has 0 amide bonds. The molecule has 92 valence electrons. The molecule has 0 aliphatic rings. The number of carbonyl (C=O) groups is 1. The molecule has 18 heavy (non-hydrogen) atoms. The maximum absolute atomic E-state index is 11.2. The lowest BCUT2D eigenvalue weighted by Gasteiger charge is -2.07. The van der Waals surface area contributed by atoms with Crippen molar-refractivity contribution in [2.45, 2.75) is 14.7 Å². The molecule has 2 rings (SSSR count). The van der Waals surface area contributed by atoms with Crippen molar-refractivity contribution in [3.8, 4) is 0 Å². The summed E-state index contributed by atoms with van der Waals surface area (Å²) in [5.41, 5.74) is 0.501. The fraction of sp³-hybridized carbons (Fsp3) is 0. The van der Waals surface area contributed by atoms with Crippen LogP contribution in [0.1, 0.15) is 10.4 Å². The molecule has 0 fully saturated rings. The van der Waals surface area contributed by atoms with Gasteiger partial charge in [0.05, 0.1) is 0 Å². The summed E-state index contributed by atoms with van der Waals surface area (Å²) in [6.45, 7) is 0. The zero-order valence-electron chi connectivity index (χ0n) is 9.17. The first kappa shape index (κ1) is 13.9. The molecular formula is C13H9ClOS3. The van der Waals surface area contributed by atoms with E-state index in [-0.39, 0.29) is 0 Å². The smallest absolute Gasteiger partial charge is 0.252 e. The molecule has 0 saturated carbocycles. The van der Waals surface area contributed by atoms with Crippen LogP contribution in [0.4, 0.5) is 0 Å². The van der Waals surface area contributed by atoms with E-state index in [1.165, 1.54) is 10.8 Å². The van der Waals surface area contributed by atoms with Gasteiger partial charge in [-0.25, -0.2) is 0 Å². The van der Waals surface area contributed by atoms with Gasteiger partial charge in [-0.05, 0) is 41.9 Å². The molecule has 5 heteroatoms. The van der Waals surface area contributed by atoms with Crippen molar-refractivity contribution in [1.82, 2.24) is 0 Å². The summed E-state index contributed by atoms with van der Waals surface area (Å²) in [7, 11) is 1.35. The Labute approximate surface area is 124 Å². The first-order valence-corrected chi connectivity index (χ1v) is 8.15. The molecule has 0 radical (unpaired) electrons. The summed E-state index contributed by atoms with van der Waals surface area (Å²) >= 11 is 11.3. The van der Waals surface area contributed by atoms with E-state index in [9.17, 15) is 4.79 Å². The quantitative estimate of drug-likeness (QED) is 0.478. The molecule has 0 atom stereocenters. The Morgan fingerprint density at radius 2 is 1.78 bits per heavy atom. The molecule has 2 aromatic rings. The number of benzene rings is 2. The number of hydrogen-bond acceptors (Lipinski definition) is 4. The normalized spacial score (nSPS) is 10.3. The average Bonchev–Trinajstić information content (AvgIpc) is 2.39. The molecule has 0 unspecified atom stereocenters. The predicted molar refractivity (Wildman–Crippen MR) is 82.0 cm³/mol. The van der Waals surface area contributed by atoms with Crippen molar-refractivity contribution in [3.05, 3.63) is 54.1 Å². The zero-order valence-corrected chi connectivity index (χ0v) is 12.5. The van der Waals surface area contributed by atoms with Gasteiger partial charge in [0.25, 0.3) is 5.24 Å². The summed E-state index contributed by atoms with van der Waals surface area (Å²) in [5.74, 6) is 0. The van der Waals surface area contributed by atoms with Crippen LogP contribution in [0.25, 0.3) is 0 Å². The SMILES string of the molecule is O=C(Cl)c1ccc(SS)c(Sc2ccccc2)c1. The lowest BCUT2D eigenvalue weighted by Crippen LogP contribution is -1.89. The number of hydrogen-bond donors (Lipinski definition) is 1. The Hall–Kier alpha value is -0.550. The molecule has 0 N–H and O–H groups in total. The summed E-state index contributed by atoms with van der Waals surface area (Å²) in [4.78, 5) is 14.3. The first-order chi connectivity index (χ1) is 8.70. The third kappa shape index (κ3) is 3.48. The van der Waals surface area contributed by atoms with Gasteiger partial charge in [0.15, 0.2) is 0 Å². The molecular weight excluding hydrogens is 304 g/mol. The fourth-order valence-corrected chi connectivity index (χ4v) is 3.61. The number of rotatable bonds is 4. The maximum atomic E-state index is 11.2. The van der Waals surface area contributed by atoms with Crippen LogP contribution in [0, 0.1) is 0 Å². The van der Waals surface area contributed by atoms with Gasteiger partial charge in [-0.1, -0.05) is 40.8 Å². The molecule has 0 bridgehead atoms. The zero-order chi connectivity index (χ0) is 13.0. The Morgan fingerprint density at radius 1 is 1.06 bits per heavy atom. The predicted octanol–water partition coefficient (Wildman–Crippen LogP) is 5.15. The third-order valence-corrected chi connectivity index (χ3v) is 4.80. The van der Waals surface area contributed by atoms with E-state index in [4.69, 9.17) is 11.6 Å². The van der Waals surface area contributed by atoms with Crippen molar-refractivity contribution in [1.29, 1.82) is 0 Å². The summed E-state index contributed by atoms with van der Waals surface area (Å²) in [5, 5.41) is -0.444. The van der Waals surface area contributed by atoms with Gasteiger partial charge in [0, 0.05) is 20.2 Å². The molecule has 2 aromatic carbocycles. The van der Waals surface area contributed by atoms with Gasteiger partial charge >= 0.3 is 0 Å². The molecule has 0 spiro atoms. The second-order valence-electron chi connectivity index (χ2n) is 3.44. The minimum Gasteiger partial charge on any atom is -0.276 e. The highest BCUT2D eigenvalue weighted by Gasteiger charge is 2.09. The highest BCUT2D eigenvalue weighted by atomic mass is 35.5. The second-order valence-corrected chi connectivity index (χ2v) is 6.07. The van der Waals surface area contributed by atoms with E-state index in [0.29, 0.717) is 5.56 Å². The number of carbonyl (C=O) groups excluding carboxylic acids is 1. The van der Waals surface area contributed by atoms with Gasteiger partial charge in [0.1, 0.15) is 0 Å². The molecule has 0 aromatic heterocycles. The van der Waals surface area contributed by atoms with E-state index in [2.05, 4.69) is 11.7 Å². The molecule has 0 heterocycles. The summed E-state index contributed by atoms with van der Waals surface area (Å²) in [6, 6.07) is 15.3. The van der Waals surface area contributed by atoms with E-state index in [1.54, 1.807) is 23.9 Å². The third-order valence-electron chi connectivity index (χ3n) is 2.24. The standard InChI is InChI=1S/C13H9ClOS3/c14-13(15)9-6-7-11(18-16)12(8-9)17-10-4-2-1-3-5-10/h1-8,16H. The van der Waals surface area contributed by atoms with E-state index < -0.39 is 5.24 Å². The Bertz CT molecular complexity index is 557. The van der Waals surface area contributed by atoms with Crippen LogP contribution in [0.5, 0.6) is 0 Å². The van der Waals surface area contributed by atoms with E-state index in [1.807, 2.05) is 36.4 Å². The van der Waals surface area contributed by atoms with Crippen molar-refractivity contribution in [3.63, 3.8) is 0 Å². The largest absolute Gasteiger partial charge is 0.276 e. The monoisotopic (exact) mass is 312 g/mol. The second kappa shape index (κ2) is 6.57. The summed E-state index contributed by atoms with van der Waals surface area (Å²) < 4.78 is 0. The van der Waals surface area contributed by atoms with E-state index >= 15 is 0 Å². The fourth-order valence-electron chi connectivity index (χ4n) is 1.40. The molecule has 1 nitrogen and oxygen atoms in total. The highest BCUT2D eigenvalue weighted by Crippen LogP contribution is 2.37. The van der Waals surface area contributed by atoms with Gasteiger partial charge in [-0.3, -0.25) is 4.79 Å². The minimum absolute atomic E-state index is 0.444. The minimum atomic E-state index is -0.444. The topological polar surface area (TPSA) is 17.1 Å². The van der Waals surface area contributed by atoms with Crippen molar-refractivity contribution >= 4 is 51.1 Å². The van der Waals surface area contributed by atoms with Gasteiger partial charge in [-0.15, -0.1) is 11.7 Å². The Morgan fingerprint density at radius 3 is 2.39 bits per heavy atom. The average molecular weight is 313 g/mol. The van der Waals surface area contributed by atoms with Crippen molar-refractivity contribution in [2.24, 2.45) is 0 Å². The lowest BCUT2D eigenvalue weighted by molar-refractivity contribution is 0.108. The van der Waals surface area contributed by atoms with E-state index in [0.717, 1.165) is 14.7 Å². The lowest BCUT2D eigenvalue weighted by atomic mass is 10.2. The summed E-state index contributed by atoms with van der Waals surface area (Å²) in [6.07, 6.45) is 0. The van der Waals surface area contributed by atoms with Crippen LogP contribution in [0.2, 0.25) is 0 Å². The van der Waals surface area contributed by atoms with Crippen molar-refractivity contribution < 1.29 is 4.79 Å². The van der Waals surface area contributed by atoms with Crippen LogP contribution >= 0.6 is 45.8 Å². The maximum Gasteiger partial charge on any atom is 0.252 e. The van der Waals surface area contributed by atoms with Crippen LogP contribution < -0.4 is 0 Å². The van der Waals surface area contributed by atoms with Gasteiger partial charge in [-0.2, -0.15) is 0 Å².